The van der Waals surface area contributed by atoms with Gasteiger partial charge in [-0.3, -0.25) is 4.90 Å². The molecule has 1 heterocycles. The number of nitrogens with zero attached hydrogens (tertiary/aromatic N) is 1. The molecule has 0 amide bonds. The molecule has 0 spiro atoms. The Balaban J connectivity index is 1.65. The second kappa shape index (κ2) is 5.87. The molecule has 1 fully saturated rings. The SMILES string of the molecule is OCC1CCN(CCOc2ccccc2)C1. The predicted octanol–water partition coefficient (Wildman–Crippen LogP) is 1.38. The lowest BCUT2D eigenvalue weighted by Gasteiger charge is -2.15. The van der Waals surface area contributed by atoms with Gasteiger partial charge in [-0.1, -0.05) is 18.2 Å². The zero-order chi connectivity index (χ0) is 11.2. The van der Waals surface area contributed by atoms with E-state index in [1.165, 1.54) is 0 Å². The minimum absolute atomic E-state index is 0.316. The minimum atomic E-state index is 0.316. The van der Waals surface area contributed by atoms with Gasteiger partial charge in [0.05, 0.1) is 0 Å². The first kappa shape index (κ1) is 11.4. The standard InChI is InChI=1S/C13H19NO2/c15-11-12-6-7-14(10-12)8-9-16-13-4-2-1-3-5-13/h1-5,12,15H,6-11H2. The van der Waals surface area contributed by atoms with Gasteiger partial charge in [0.25, 0.3) is 0 Å². The van der Waals surface area contributed by atoms with Crippen molar-refractivity contribution in [2.24, 2.45) is 5.92 Å². The van der Waals surface area contributed by atoms with E-state index in [-0.39, 0.29) is 0 Å². The van der Waals surface area contributed by atoms with E-state index in [9.17, 15) is 0 Å². The Kier molecular flexibility index (Phi) is 4.19. The zero-order valence-corrected chi connectivity index (χ0v) is 9.51. The van der Waals surface area contributed by atoms with Crippen molar-refractivity contribution in [3.05, 3.63) is 30.3 Å². The van der Waals surface area contributed by atoms with Gasteiger partial charge in [0.2, 0.25) is 0 Å². The van der Waals surface area contributed by atoms with Gasteiger partial charge in [0.1, 0.15) is 12.4 Å². The predicted molar refractivity (Wildman–Crippen MR) is 63.6 cm³/mol. The number of aliphatic hydroxyl groups excluding tert-OH is 1. The summed E-state index contributed by atoms with van der Waals surface area (Å²) in [5.41, 5.74) is 0. The maximum absolute atomic E-state index is 9.03. The van der Waals surface area contributed by atoms with Crippen molar-refractivity contribution < 1.29 is 9.84 Å². The Morgan fingerprint density at radius 2 is 2.12 bits per heavy atom. The van der Waals surface area contributed by atoms with E-state index < -0.39 is 0 Å². The summed E-state index contributed by atoms with van der Waals surface area (Å²) < 4.78 is 5.63. The number of likely N-dealkylation sites (tertiary alicyclic amines) is 1. The summed E-state index contributed by atoms with van der Waals surface area (Å²) in [5.74, 6) is 1.40. The van der Waals surface area contributed by atoms with E-state index in [0.717, 1.165) is 38.4 Å². The van der Waals surface area contributed by atoms with Crippen LogP contribution in [0.3, 0.4) is 0 Å². The van der Waals surface area contributed by atoms with E-state index in [2.05, 4.69) is 4.90 Å². The van der Waals surface area contributed by atoms with Crippen LogP contribution in [0, 0.1) is 5.92 Å². The maximum atomic E-state index is 9.03. The molecule has 1 unspecified atom stereocenters. The monoisotopic (exact) mass is 221 g/mol. The summed E-state index contributed by atoms with van der Waals surface area (Å²) in [5, 5.41) is 9.03. The van der Waals surface area contributed by atoms with Gasteiger partial charge in [-0.15, -0.1) is 0 Å². The van der Waals surface area contributed by atoms with Crippen molar-refractivity contribution in [1.82, 2.24) is 4.90 Å². The highest BCUT2D eigenvalue weighted by Crippen LogP contribution is 2.15. The normalized spacial score (nSPS) is 21.2. The Morgan fingerprint density at radius 1 is 1.31 bits per heavy atom. The van der Waals surface area contributed by atoms with Gasteiger partial charge in [-0.05, 0) is 31.0 Å². The zero-order valence-electron chi connectivity index (χ0n) is 9.51. The lowest BCUT2D eigenvalue weighted by molar-refractivity contribution is 0.204. The Bertz CT molecular complexity index is 302. The third-order valence-corrected chi connectivity index (χ3v) is 3.05. The van der Waals surface area contributed by atoms with E-state index in [1.807, 2.05) is 30.3 Å². The summed E-state index contributed by atoms with van der Waals surface area (Å²) in [4.78, 5) is 2.35. The van der Waals surface area contributed by atoms with Crippen molar-refractivity contribution in [2.45, 2.75) is 6.42 Å². The Hall–Kier alpha value is -1.06. The molecule has 0 aliphatic carbocycles. The van der Waals surface area contributed by atoms with E-state index in [1.54, 1.807) is 0 Å². The highest BCUT2D eigenvalue weighted by molar-refractivity contribution is 5.20. The third-order valence-electron chi connectivity index (χ3n) is 3.05. The number of ether oxygens (including phenoxy) is 1. The first-order chi connectivity index (χ1) is 7.88. The highest BCUT2D eigenvalue weighted by atomic mass is 16.5. The van der Waals surface area contributed by atoms with E-state index >= 15 is 0 Å². The van der Waals surface area contributed by atoms with Gasteiger partial charge in [-0.25, -0.2) is 0 Å². The van der Waals surface area contributed by atoms with Crippen LogP contribution in [0.5, 0.6) is 5.75 Å². The van der Waals surface area contributed by atoms with Gasteiger partial charge >= 0.3 is 0 Å². The molecule has 2 rings (SSSR count). The molecule has 16 heavy (non-hydrogen) atoms. The van der Waals surface area contributed by atoms with Crippen LogP contribution in [0.1, 0.15) is 6.42 Å². The second-order valence-corrected chi connectivity index (χ2v) is 4.30. The summed E-state index contributed by atoms with van der Waals surface area (Å²) in [6.45, 7) is 4.08. The van der Waals surface area contributed by atoms with Crippen LogP contribution in [-0.4, -0.2) is 42.9 Å². The number of hydrogen-bond donors (Lipinski definition) is 1. The molecule has 88 valence electrons. The van der Waals surface area contributed by atoms with Crippen LogP contribution in [0.2, 0.25) is 0 Å². The van der Waals surface area contributed by atoms with Crippen LogP contribution in [0.25, 0.3) is 0 Å². The number of benzene rings is 1. The van der Waals surface area contributed by atoms with Gasteiger partial charge < -0.3 is 9.84 Å². The molecule has 0 radical (unpaired) electrons. The van der Waals surface area contributed by atoms with Crippen LogP contribution >= 0.6 is 0 Å². The third kappa shape index (κ3) is 3.22. The molecule has 1 aliphatic heterocycles. The molecule has 1 atom stereocenters. The van der Waals surface area contributed by atoms with Crippen molar-refractivity contribution in [2.75, 3.05) is 32.8 Å². The molecular weight excluding hydrogens is 202 g/mol. The van der Waals surface area contributed by atoms with E-state index in [0.29, 0.717) is 12.5 Å². The fraction of sp³-hybridized carbons (Fsp3) is 0.538. The fourth-order valence-electron chi connectivity index (χ4n) is 2.07. The van der Waals surface area contributed by atoms with Crippen molar-refractivity contribution in [3.8, 4) is 5.75 Å². The first-order valence-electron chi connectivity index (χ1n) is 5.89. The second-order valence-electron chi connectivity index (χ2n) is 4.30. The molecule has 1 aromatic carbocycles. The van der Waals surface area contributed by atoms with Crippen molar-refractivity contribution in [1.29, 1.82) is 0 Å². The van der Waals surface area contributed by atoms with Crippen LogP contribution < -0.4 is 4.74 Å². The molecule has 0 aromatic heterocycles. The molecule has 3 heteroatoms. The lowest BCUT2D eigenvalue weighted by atomic mass is 10.1. The van der Waals surface area contributed by atoms with Crippen LogP contribution in [-0.2, 0) is 0 Å². The van der Waals surface area contributed by atoms with Gasteiger partial charge in [0, 0.05) is 19.7 Å². The van der Waals surface area contributed by atoms with Gasteiger partial charge in [0.15, 0.2) is 0 Å². The molecule has 1 saturated heterocycles. The summed E-state index contributed by atoms with van der Waals surface area (Å²) in [6, 6.07) is 9.89. The quantitative estimate of drug-likeness (QED) is 0.815. The number of para-hydroxylation sites is 1. The highest BCUT2D eigenvalue weighted by Gasteiger charge is 2.20. The largest absolute Gasteiger partial charge is 0.492 e. The molecular formula is C13H19NO2. The topological polar surface area (TPSA) is 32.7 Å². The molecule has 0 bridgehead atoms. The molecule has 1 aliphatic rings. The van der Waals surface area contributed by atoms with E-state index in [4.69, 9.17) is 9.84 Å². The van der Waals surface area contributed by atoms with Crippen LogP contribution in [0.4, 0.5) is 0 Å². The number of rotatable bonds is 5. The van der Waals surface area contributed by atoms with Crippen molar-refractivity contribution >= 4 is 0 Å². The smallest absolute Gasteiger partial charge is 0.119 e. The lowest BCUT2D eigenvalue weighted by Crippen LogP contribution is -2.26. The average Bonchev–Trinajstić information content (AvgIpc) is 2.78. The summed E-state index contributed by atoms with van der Waals surface area (Å²) >= 11 is 0. The van der Waals surface area contributed by atoms with Crippen LogP contribution in [0.15, 0.2) is 30.3 Å². The minimum Gasteiger partial charge on any atom is -0.492 e. The Morgan fingerprint density at radius 3 is 2.81 bits per heavy atom. The molecule has 1 aromatic rings. The number of aliphatic hydroxyl groups is 1. The summed E-state index contributed by atoms with van der Waals surface area (Å²) in [7, 11) is 0. The fourth-order valence-corrected chi connectivity index (χ4v) is 2.07. The van der Waals surface area contributed by atoms with Crippen molar-refractivity contribution in [3.63, 3.8) is 0 Å². The molecule has 0 saturated carbocycles. The number of hydrogen-bond acceptors (Lipinski definition) is 3. The molecule has 1 N–H and O–H groups in total. The first-order valence-corrected chi connectivity index (χ1v) is 5.89. The van der Waals surface area contributed by atoms with Gasteiger partial charge in [-0.2, -0.15) is 0 Å². The summed E-state index contributed by atoms with van der Waals surface area (Å²) in [6.07, 6.45) is 1.11. The maximum Gasteiger partial charge on any atom is 0.119 e. The Labute approximate surface area is 96.6 Å². The molecule has 3 nitrogen and oxygen atoms in total. The average molecular weight is 221 g/mol.